The molecule has 3 fully saturated rings. The number of methoxy groups -OCH3 is 1. The summed E-state index contributed by atoms with van der Waals surface area (Å²) in [5, 5.41) is 22.9. The molecular weight excluding hydrogens is 414 g/mol. The molecule has 1 heterocycles. The third-order valence-corrected chi connectivity index (χ3v) is 10.0. The summed E-state index contributed by atoms with van der Waals surface area (Å²) in [4.78, 5) is 13.4. The monoisotopic (exact) mass is 455 g/mol. The lowest BCUT2D eigenvalue weighted by molar-refractivity contribution is -0.144. The fourth-order valence-electron chi connectivity index (χ4n) is 8.67. The van der Waals surface area contributed by atoms with Crippen molar-refractivity contribution < 1.29 is 14.6 Å². The van der Waals surface area contributed by atoms with Crippen LogP contribution in [0.3, 0.4) is 0 Å². The predicted octanol–water partition coefficient (Wildman–Crippen LogP) is 4.61. The number of ether oxygens (including phenoxy) is 1. The summed E-state index contributed by atoms with van der Waals surface area (Å²) in [5.74, 6) is 2.86. The number of nitriles is 1. The fraction of sp³-hybridized carbons (Fsp3) is 0.815. The summed E-state index contributed by atoms with van der Waals surface area (Å²) in [6, 6.07) is 2.09. The number of Topliss-reactive ketones (excluding diaryl/α,β-unsaturated/α-hetero) is 1. The summed E-state index contributed by atoms with van der Waals surface area (Å²) >= 11 is 0. The minimum atomic E-state index is 0.0539. The maximum absolute atomic E-state index is 13.4. The van der Waals surface area contributed by atoms with Crippen LogP contribution in [0, 0.1) is 51.8 Å². The van der Waals surface area contributed by atoms with Crippen LogP contribution in [-0.4, -0.2) is 41.0 Å². The van der Waals surface area contributed by atoms with Gasteiger partial charge in [0.15, 0.2) is 5.78 Å². The second-order valence-corrected chi connectivity index (χ2v) is 11.2. The number of carbonyl (C=O) groups is 1. The third kappa shape index (κ3) is 4.17. The molecule has 182 valence electrons. The van der Waals surface area contributed by atoms with Gasteiger partial charge in [0.2, 0.25) is 0 Å². The summed E-state index contributed by atoms with van der Waals surface area (Å²) < 4.78 is 7.50. The van der Waals surface area contributed by atoms with Crippen molar-refractivity contribution in [1.29, 1.82) is 5.26 Å². The lowest BCUT2D eigenvalue weighted by Gasteiger charge is -2.60. The average molecular weight is 456 g/mol. The molecule has 0 saturated heterocycles. The van der Waals surface area contributed by atoms with Gasteiger partial charge in [0.05, 0.1) is 24.9 Å². The number of aliphatic hydroxyl groups excluding tert-OH is 1. The van der Waals surface area contributed by atoms with Gasteiger partial charge in [-0.2, -0.15) is 10.4 Å². The predicted molar refractivity (Wildman–Crippen MR) is 126 cm³/mol. The number of carbonyl (C=O) groups excluding carboxylic acids is 1. The van der Waals surface area contributed by atoms with Crippen LogP contribution in [0.4, 0.5) is 0 Å². The zero-order valence-electron chi connectivity index (χ0n) is 20.6. The highest BCUT2D eigenvalue weighted by Gasteiger charge is 2.61. The van der Waals surface area contributed by atoms with Gasteiger partial charge >= 0.3 is 0 Å². The second-order valence-electron chi connectivity index (χ2n) is 11.2. The van der Waals surface area contributed by atoms with E-state index >= 15 is 0 Å². The number of hydrogen-bond donors (Lipinski definition) is 1. The molecule has 1 aromatic heterocycles. The lowest BCUT2D eigenvalue weighted by atomic mass is 9.45. The first-order valence-electron chi connectivity index (χ1n) is 13.0. The van der Waals surface area contributed by atoms with E-state index in [-0.39, 0.29) is 35.7 Å². The van der Waals surface area contributed by atoms with Crippen LogP contribution in [0.1, 0.15) is 77.2 Å². The zero-order valence-corrected chi connectivity index (χ0v) is 20.6. The summed E-state index contributed by atoms with van der Waals surface area (Å²) in [5.41, 5.74) is 0.712. The van der Waals surface area contributed by atoms with E-state index in [9.17, 15) is 9.90 Å². The first kappa shape index (κ1) is 24.4. The summed E-state index contributed by atoms with van der Waals surface area (Å²) in [7, 11) is 1.83. The molecule has 3 saturated carbocycles. The Hall–Kier alpha value is -1.71. The Labute approximate surface area is 198 Å². The molecule has 0 amide bonds. The third-order valence-electron chi connectivity index (χ3n) is 10.0. The average Bonchev–Trinajstić information content (AvgIpc) is 3.41. The number of hydrogen-bond acceptors (Lipinski definition) is 5. The van der Waals surface area contributed by atoms with Crippen LogP contribution in [0.2, 0.25) is 0 Å². The molecule has 33 heavy (non-hydrogen) atoms. The number of aliphatic hydroxyl groups is 1. The number of rotatable bonds is 9. The minimum absolute atomic E-state index is 0.0539. The molecule has 6 nitrogen and oxygen atoms in total. The van der Waals surface area contributed by atoms with Crippen LogP contribution < -0.4 is 0 Å². The molecule has 0 aromatic carbocycles. The second kappa shape index (κ2) is 9.88. The van der Waals surface area contributed by atoms with Gasteiger partial charge < -0.3 is 9.84 Å². The SMILES string of the molecule is CC[C@H]1CC[C@H]2[C@@H]3CC[C@H](C(=O)Cn4cc(C#N)cn4)[C@@]3(C)CC[C@@H]2[C@]1(CCCO)COC. The number of nitrogens with zero attached hydrogens (tertiary/aromatic N) is 3. The van der Waals surface area contributed by atoms with E-state index in [4.69, 9.17) is 10.00 Å². The Bertz CT molecular complexity index is 876. The molecule has 0 bridgehead atoms. The van der Waals surface area contributed by atoms with E-state index in [1.807, 2.05) is 7.11 Å². The van der Waals surface area contributed by atoms with Crippen molar-refractivity contribution in [2.75, 3.05) is 20.3 Å². The molecule has 0 unspecified atom stereocenters. The molecule has 7 atom stereocenters. The molecule has 4 rings (SSSR count). The summed E-state index contributed by atoms with van der Waals surface area (Å²) in [6.07, 6.45) is 13.1. The van der Waals surface area contributed by atoms with E-state index in [1.54, 1.807) is 10.9 Å². The van der Waals surface area contributed by atoms with E-state index in [0.717, 1.165) is 45.1 Å². The molecule has 6 heteroatoms. The molecule has 3 aliphatic rings. The standard InChI is InChI=1S/C27H41N3O3/c1-4-20-6-7-21-22-8-9-24(25(32)17-30-16-19(14-28)15-29-30)26(22,2)12-10-23(21)27(20,18-33-3)11-5-13-31/h15-16,20-24,31H,4-13,17-18H2,1-3H3/t20-,21-,22-,23-,24+,26-,27+/m0/s1. The zero-order chi connectivity index (χ0) is 23.6. The lowest BCUT2D eigenvalue weighted by Crippen LogP contribution is -2.55. The molecule has 0 spiro atoms. The van der Waals surface area contributed by atoms with Gasteiger partial charge in [-0.3, -0.25) is 9.48 Å². The Kier molecular flexibility index (Phi) is 7.31. The molecule has 1 aromatic rings. The first-order chi connectivity index (χ1) is 15.9. The fourth-order valence-corrected chi connectivity index (χ4v) is 8.67. The van der Waals surface area contributed by atoms with Gasteiger partial charge in [0, 0.05) is 25.8 Å². The minimum Gasteiger partial charge on any atom is -0.396 e. The van der Waals surface area contributed by atoms with Crippen molar-refractivity contribution in [2.45, 2.75) is 78.2 Å². The topological polar surface area (TPSA) is 88.1 Å². The van der Waals surface area contributed by atoms with Crippen molar-refractivity contribution >= 4 is 5.78 Å². The highest BCUT2D eigenvalue weighted by molar-refractivity contribution is 5.82. The van der Waals surface area contributed by atoms with E-state index in [2.05, 4.69) is 25.0 Å². The van der Waals surface area contributed by atoms with Crippen molar-refractivity contribution in [3.8, 4) is 6.07 Å². The highest BCUT2D eigenvalue weighted by atomic mass is 16.5. The number of aromatic nitrogens is 2. The Morgan fingerprint density at radius 1 is 1.30 bits per heavy atom. The van der Waals surface area contributed by atoms with Gasteiger partial charge in [-0.05, 0) is 85.9 Å². The molecule has 0 aliphatic heterocycles. The Balaban J connectivity index is 1.56. The van der Waals surface area contributed by atoms with Crippen LogP contribution >= 0.6 is 0 Å². The van der Waals surface area contributed by atoms with Crippen LogP contribution in [0.15, 0.2) is 12.4 Å². The van der Waals surface area contributed by atoms with Crippen LogP contribution in [-0.2, 0) is 16.1 Å². The maximum Gasteiger partial charge on any atom is 0.157 e. The van der Waals surface area contributed by atoms with Crippen LogP contribution in [0.25, 0.3) is 0 Å². The molecule has 3 aliphatic carbocycles. The largest absolute Gasteiger partial charge is 0.396 e. The van der Waals surface area contributed by atoms with E-state index in [0.29, 0.717) is 29.2 Å². The number of fused-ring (bicyclic) bond motifs is 3. The van der Waals surface area contributed by atoms with Crippen molar-refractivity contribution in [2.24, 2.45) is 40.4 Å². The van der Waals surface area contributed by atoms with Crippen molar-refractivity contribution in [1.82, 2.24) is 9.78 Å². The van der Waals surface area contributed by atoms with Crippen molar-refractivity contribution in [3.05, 3.63) is 18.0 Å². The van der Waals surface area contributed by atoms with Gasteiger partial charge in [0.25, 0.3) is 0 Å². The van der Waals surface area contributed by atoms with E-state index in [1.165, 1.54) is 25.5 Å². The molecule has 1 N–H and O–H groups in total. The van der Waals surface area contributed by atoms with Crippen LogP contribution in [0.5, 0.6) is 0 Å². The quantitative estimate of drug-likeness (QED) is 0.587. The smallest absolute Gasteiger partial charge is 0.157 e. The summed E-state index contributed by atoms with van der Waals surface area (Å²) in [6.45, 7) is 6.01. The Morgan fingerprint density at radius 2 is 2.12 bits per heavy atom. The first-order valence-corrected chi connectivity index (χ1v) is 13.0. The van der Waals surface area contributed by atoms with E-state index < -0.39 is 0 Å². The highest BCUT2D eigenvalue weighted by Crippen LogP contribution is 2.66. The van der Waals surface area contributed by atoms with Gasteiger partial charge in [-0.15, -0.1) is 0 Å². The van der Waals surface area contributed by atoms with Gasteiger partial charge in [-0.25, -0.2) is 0 Å². The van der Waals surface area contributed by atoms with Gasteiger partial charge in [0.1, 0.15) is 6.07 Å². The normalized spacial score (nSPS) is 37.8. The number of ketones is 1. The van der Waals surface area contributed by atoms with Gasteiger partial charge in [-0.1, -0.05) is 20.3 Å². The molecule has 0 radical (unpaired) electrons. The van der Waals surface area contributed by atoms with Crippen molar-refractivity contribution in [3.63, 3.8) is 0 Å². The maximum atomic E-state index is 13.4. The molecular formula is C27H41N3O3. The Morgan fingerprint density at radius 3 is 2.79 bits per heavy atom.